The van der Waals surface area contributed by atoms with E-state index in [4.69, 9.17) is 4.74 Å². The first kappa shape index (κ1) is 18.8. The highest BCUT2D eigenvalue weighted by Crippen LogP contribution is 2.33. The van der Waals surface area contributed by atoms with Gasteiger partial charge in [-0.2, -0.15) is 13.2 Å². The van der Waals surface area contributed by atoms with Crippen LogP contribution in [0.4, 0.5) is 13.2 Å². The number of rotatable bonds is 6. The SMILES string of the molecule is CCCC(C)(C(=O)O)N1CC(Oc2cccc(C(F)(F)F)c2)=CC1=O. The topological polar surface area (TPSA) is 66.8 Å². The van der Waals surface area contributed by atoms with Crippen molar-refractivity contribution in [1.82, 2.24) is 4.90 Å². The van der Waals surface area contributed by atoms with Crippen molar-refractivity contribution in [3.63, 3.8) is 0 Å². The molecule has 2 rings (SSSR count). The lowest BCUT2D eigenvalue weighted by Crippen LogP contribution is -2.53. The van der Waals surface area contributed by atoms with Gasteiger partial charge in [0.15, 0.2) is 0 Å². The van der Waals surface area contributed by atoms with Crippen LogP contribution in [0.3, 0.4) is 0 Å². The van der Waals surface area contributed by atoms with Gasteiger partial charge in [-0.05, 0) is 31.5 Å². The van der Waals surface area contributed by atoms with Gasteiger partial charge in [-0.3, -0.25) is 4.79 Å². The number of alkyl halides is 3. The van der Waals surface area contributed by atoms with Gasteiger partial charge in [0, 0.05) is 6.08 Å². The molecule has 0 aliphatic carbocycles. The lowest BCUT2D eigenvalue weighted by molar-refractivity contribution is -0.155. The molecule has 1 N–H and O–H groups in total. The number of carboxylic acids is 1. The van der Waals surface area contributed by atoms with E-state index in [2.05, 4.69) is 0 Å². The van der Waals surface area contributed by atoms with Crippen molar-refractivity contribution < 1.29 is 32.6 Å². The second kappa shape index (κ2) is 6.78. The van der Waals surface area contributed by atoms with Crippen molar-refractivity contribution in [1.29, 1.82) is 0 Å². The van der Waals surface area contributed by atoms with Gasteiger partial charge in [0.1, 0.15) is 17.0 Å². The Morgan fingerprint density at radius 2 is 2.04 bits per heavy atom. The molecular formula is C17H18F3NO4. The van der Waals surface area contributed by atoms with Crippen molar-refractivity contribution in [2.24, 2.45) is 0 Å². The Kier molecular flexibility index (Phi) is 5.10. The molecule has 0 aromatic heterocycles. The molecule has 1 amide bonds. The zero-order valence-electron chi connectivity index (χ0n) is 13.8. The molecule has 0 saturated carbocycles. The van der Waals surface area contributed by atoms with Crippen LogP contribution in [0.2, 0.25) is 0 Å². The Labute approximate surface area is 142 Å². The summed E-state index contributed by atoms with van der Waals surface area (Å²) in [6, 6.07) is 4.28. The van der Waals surface area contributed by atoms with E-state index in [-0.39, 0.29) is 24.5 Å². The first-order chi connectivity index (χ1) is 11.6. The van der Waals surface area contributed by atoms with E-state index in [9.17, 15) is 27.9 Å². The summed E-state index contributed by atoms with van der Waals surface area (Å²) in [6.45, 7) is 3.13. The Morgan fingerprint density at radius 1 is 1.36 bits per heavy atom. The average molecular weight is 357 g/mol. The standard InChI is InChI=1S/C17H18F3NO4/c1-3-7-16(2,15(23)24)21-10-13(9-14(21)22)25-12-6-4-5-11(8-12)17(18,19)20/h4-6,8-9H,3,7,10H2,1-2H3,(H,23,24). The van der Waals surface area contributed by atoms with Crippen molar-refractivity contribution in [2.75, 3.05) is 6.54 Å². The number of aliphatic carboxylic acids is 1. The molecule has 0 fully saturated rings. The summed E-state index contributed by atoms with van der Waals surface area (Å²) in [7, 11) is 0. The molecule has 0 bridgehead atoms. The Balaban J connectivity index is 2.18. The third-order valence-electron chi connectivity index (χ3n) is 4.07. The molecule has 1 heterocycles. The highest BCUT2D eigenvalue weighted by atomic mass is 19.4. The van der Waals surface area contributed by atoms with Crippen LogP contribution in [0.25, 0.3) is 0 Å². The number of hydrogen-bond acceptors (Lipinski definition) is 3. The highest BCUT2D eigenvalue weighted by Gasteiger charge is 2.44. The van der Waals surface area contributed by atoms with Crippen LogP contribution < -0.4 is 4.74 Å². The number of amides is 1. The molecule has 5 nitrogen and oxygen atoms in total. The number of carbonyl (C=O) groups excluding carboxylic acids is 1. The molecule has 1 atom stereocenters. The fraction of sp³-hybridized carbons (Fsp3) is 0.412. The normalized spacial score (nSPS) is 17.2. The maximum absolute atomic E-state index is 12.7. The van der Waals surface area contributed by atoms with Crippen molar-refractivity contribution in [3.05, 3.63) is 41.7 Å². The first-order valence-electron chi connectivity index (χ1n) is 7.68. The molecule has 1 unspecified atom stereocenters. The largest absolute Gasteiger partial charge is 0.480 e. The van der Waals surface area contributed by atoms with E-state index in [0.717, 1.165) is 23.1 Å². The summed E-state index contributed by atoms with van der Waals surface area (Å²) in [5, 5.41) is 9.46. The average Bonchev–Trinajstić information content (AvgIpc) is 2.87. The van der Waals surface area contributed by atoms with Gasteiger partial charge < -0.3 is 14.7 Å². The van der Waals surface area contributed by atoms with Gasteiger partial charge in [-0.15, -0.1) is 0 Å². The van der Waals surface area contributed by atoms with Gasteiger partial charge in [0.25, 0.3) is 5.91 Å². The summed E-state index contributed by atoms with van der Waals surface area (Å²) in [5.74, 6) is -1.65. The number of carbonyl (C=O) groups is 2. The zero-order valence-corrected chi connectivity index (χ0v) is 13.8. The quantitative estimate of drug-likeness (QED) is 0.847. The highest BCUT2D eigenvalue weighted by molar-refractivity contribution is 5.95. The minimum absolute atomic E-state index is 0.0664. The first-order valence-corrected chi connectivity index (χ1v) is 7.68. The smallest absolute Gasteiger partial charge is 0.416 e. The summed E-state index contributed by atoms with van der Waals surface area (Å²) < 4.78 is 43.6. The van der Waals surface area contributed by atoms with Gasteiger partial charge in [0.2, 0.25) is 0 Å². The van der Waals surface area contributed by atoms with Crippen LogP contribution in [0.15, 0.2) is 36.1 Å². The third-order valence-corrected chi connectivity index (χ3v) is 4.07. The summed E-state index contributed by atoms with van der Waals surface area (Å²) >= 11 is 0. The van der Waals surface area contributed by atoms with Crippen molar-refractivity contribution in [2.45, 2.75) is 38.4 Å². The van der Waals surface area contributed by atoms with Crippen LogP contribution >= 0.6 is 0 Å². The Hall–Kier alpha value is -2.51. The van der Waals surface area contributed by atoms with Crippen molar-refractivity contribution >= 4 is 11.9 Å². The summed E-state index contributed by atoms with van der Waals surface area (Å²) in [5.41, 5.74) is -2.27. The Bertz CT molecular complexity index is 714. The van der Waals surface area contributed by atoms with E-state index in [1.54, 1.807) is 6.92 Å². The van der Waals surface area contributed by atoms with Gasteiger partial charge in [-0.1, -0.05) is 19.4 Å². The molecule has 1 aromatic rings. The Morgan fingerprint density at radius 3 is 2.60 bits per heavy atom. The second-order valence-corrected chi connectivity index (χ2v) is 5.99. The molecule has 0 radical (unpaired) electrons. The minimum atomic E-state index is -4.51. The molecule has 1 aromatic carbocycles. The van der Waals surface area contributed by atoms with Crippen LogP contribution in [-0.4, -0.2) is 34.0 Å². The summed E-state index contributed by atoms with van der Waals surface area (Å²) in [6.07, 6.45) is -2.60. The van der Waals surface area contributed by atoms with E-state index in [0.29, 0.717) is 6.42 Å². The molecule has 8 heteroatoms. The van der Waals surface area contributed by atoms with Crippen LogP contribution in [0.1, 0.15) is 32.3 Å². The predicted octanol–water partition coefficient (Wildman–Crippen LogP) is 3.45. The molecule has 136 valence electrons. The van der Waals surface area contributed by atoms with Crippen LogP contribution in [0, 0.1) is 0 Å². The third kappa shape index (κ3) is 3.94. The lowest BCUT2D eigenvalue weighted by atomic mass is 9.94. The fourth-order valence-electron chi connectivity index (χ4n) is 2.71. The number of benzene rings is 1. The predicted molar refractivity (Wildman–Crippen MR) is 82.8 cm³/mol. The molecule has 1 aliphatic heterocycles. The van der Waals surface area contributed by atoms with E-state index < -0.39 is 29.2 Å². The molecule has 0 spiro atoms. The van der Waals surface area contributed by atoms with Crippen LogP contribution in [0.5, 0.6) is 5.75 Å². The number of hydrogen-bond donors (Lipinski definition) is 1. The number of ether oxygens (including phenoxy) is 1. The maximum atomic E-state index is 12.7. The zero-order chi connectivity index (χ0) is 18.8. The molecule has 25 heavy (non-hydrogen) atoms. The van der Waals surface area contributed by atoms with Gasteiger partial charge in [0.05, 0.1) is 12.1 Å². The van der Waals surface area contributed by atoms with Gasteiger partial charge in [-0.25, -0.2) is 4.79 Å². The second-order valence-electron chi connectivity index (χ2n) is 5.99. The molecule has 1 aliphatic rings. The van der Waals surface area contributed by atoms with E-state index >= 15 is 0 Å². The lowest BCUT2D eigenvalue weighted by Gasteiger charge is -2.34. The van der Waals surface area contributed by atoms with Crippen LogP contribution in [-0.2, 0) is 15.8 Å². The van der Waals surface area contributed by atoms with E-state index in [1.807, 2.05) is 0 Å². The van der Waals surface area contributed by atoms with Crippen molar-refractivity contribution in [3.8, 4) is 5.75 Å². The summed E-state index contributed by atoms with van der Waals surface area (Å²) in [4.78, 5) is 24.9. The molecular weight excluding hydrogens is 339 g/mol. The van der Waals surface area contributed by atoms with E-state index in [1.165, 1.54) is 19.1 Å². The molecule has 0 saturated heterocycles. The fourth-order valence-corrected chi connectivity index (χ4v) is 2.71. The monoisotopic (exact) mass is 357 g/mol. The number of halogens is 3. The maximum Gasteiger partial charge on any atom is 0.416 e. The minimum Gasteiger partial charge on any atom is -0.480 e. The number of nitrogens with zero attached hydrogens (tertiary/aromatic N) is 1. The number of carboxylic acid groups (broad SMARTS) is 1. The van der Waals surface area contributed by atoms with Gasteiger partial charge >= 0.3 is 12.1 Å².